The van der Waals surface area contributed by atoms with E-state index in [9.17, 15) is 0 Å². The average Bonchev–Trinajstić information content (AvgIpc) is 2.57. The molecule has 1 N–H and O–H groups in total. The highest BCUT2D eigenvalue weighted by atomic mass is 15.2. The maximum absolute atomic E-state index is 3.61. The molecule has 2 heteroatoms. The molecule has 1 heterocycles. The van der Waals surface area contributed by atoms with Gasteiger partial charge in [0.25, 0.3) is 0 Å². The molecule has 0 aliphatic carbocycles. The fourth-order valence-electron chi connectivity index (χ4n) is 2.77. The highest BCUT2D eigenvalue weighted by Gasteiger charge is 2.28. The summed E-state index contributed by atoms with van der Waals surface area (Å²) in [7, 11) is 0. The highest BCUT2D eigenvalue weighted by Crippen LogP contribution is 2.38. The average molecular weight is 266 g/mol. The van der Waals surface area contributed by atoms with Gasteiger partial charge in [0.15, 0.2) is 0 Å². The van der Waals surface area contributed by atoms with Crippen LogP contribution in [0.2, 0.25) is 0 Å². The van der Waals surface area contributed by atoms with Crippen LogP contribution in [0, 0.1) is 12.3 Å². The molecule has 104 valence electrons. The molecule has 3 rings (SSSR count). The van der Waals surface area contributed by atoms with Gasteiger partial charge in [-0.25, -0.2) is 0 Å². The van der Waals surface area contributed by atoms with Crippen molar-refractivity contribution in [3.8, 4) is 0 Å². The molecule has 0 aromatic heterocycles. The smallest absolute Gasteiger partial charge is 0.0646 e. The van der Waals surface area contributed by atoms with Crippen LogP contribution in [-0.2, 0) is 0 Å². The quantitative estimate of drug-likeness (QED) is 0.812. The zero-order valence-corrected chi connectivity index (χ0v) is 12.5. The monoisotopic (exact) mass is 266 g/mol. The van der Waals surface area contributed by atoms with Crippen molar-refractivity contribution < 1.29 is 0 Å². The fourth-order valence-corrected chi connectivity index (χ4v) is 2.77. The third-order valence-electron chi connectivity index (χ3n) is 3.85. The molecule has 2 aromatic rings. The van der Waals surface area contributed by atoms with Gasteiger partial charge in [0, 0.05) is 18.8 Å². The van der Waals surface area contributed by atoms with Crippen LogP contribution >= 0.6 is 0 Å². The number of fused-ring (bicyclic) bond motifs is 1. The molecule has 0 atom stereocenters. The zero-order valence-electron chi connectivity index (χ0n) is 12.5. The summed E-state index contributed by atoms with van der Waals surface area (Å²) in [6.07, 6.45) is 0. The summed E-state index contributed by atoms with van der Waals surface area (Å²) in [5, 5.41) is 3.61. The van der Waals surface area contributed by atoms with Crippen molar-refractivity contribution in [2.45, 2.75) is 20.8 Å². The van der Waals surface area contributed by atoms with Gasteiger partial charge in [-0.1, -0.05) is 38.1 Å². The van der Waals surface area contributed by atoms with Gasteiger partial charge in [-0.15, -0.1) is 0 Å². The Morgan fingerprint density at radius 3 is 2.55 bits per heavy atom. The summed E-state index contributed by atoms with van der Waals surface area (Å²) in [4.78, 5) is 2.43. The number of benzene rings is 2. The predicted molar refractivity (Wildman–Crippen MR) is 86.9 cm³/mol. The van der Waals surface area contributed by atoms with Gasteiger partial charge in [0.1, 0.15) is 0 Å². The van der Waals surface area contributed by atoms with Crippen LogP contribution in [0.15, 0.2) is 48.5 Å². The number of anilines is 3. The summed E-state index contributed by atoms with van der Waals surface area (Å²) in [6, 6.07) is 17.3. The van der Waals surface area contributed by atoms with Crippen molar-refractivity contribution in [2.24, 2.45) is 5.41 Å². The number of hydrogen-bond acceptors (Lipinski definition) is 2. The van der Waals surface area contributed by atoms with Crippen molar-refractivity contribution >= 4 is 17.1 Å². The van der Waals surface area contributed by atoms with E-state index in [1.807, 2.05) is 0 Å². The van der Waals surface area contributed by atoms with Gasteiger partial charge in [0.05, 0.1) is 11.4 Å². The Labute approximate surface area is 121 Å². The maximum Gasteiger partial charge on any atom is 0.0646 e. The summed E-state index contributed by atoms with van der Waals surface area (Å²) in [5.41, 5.74) is 5.29. The first kappa shape index (κ1) is 13.0. The van der Waals surface area contributed by atoms with Gasteiger partial charge in [0.2, 0.25) is 0 Å². The van der Waals surface area contributed by atoms with Crippen molar-refractivity contribution in [2.75, 3.05) is 23.3 Å². The van der Waals surface area contributed by atoms with Crippen LogP contribution in [0.1, 0.15) is 19.4 Å². The Bertz CT molecular complexity index is 602. The second kappa shape index (κ2) is 4.86. The summed E-state index contributed by atoms with van der Waals surface area (Å²) < 4.78 is 0. The van der Waals surface area contributed by atoms with Crippen molar-refractivity contribution in [1.29, 1.82) is 0 Å². The van der Waals surface area contributed by atoms with E-state index in [4.69, 9.17) is 0 Å². The molecule has 2 aromatic carbocycles. The lowest BCUT2D eigenvalue weighted by Crippen LogP contribution is -2.33. The second-order valence-electron chi connectivity index (χ2n) is 6.46. The number of nitrogens with one attached hydrogen (secondary N) is 1. The van der Waals surface area contributed by atoms with E-state index < -0.39 is 0 Å². The number of hydrogen-bond donors (Lipinski definition) is 1. The minimum atomic E-state index is 0.225. The molecular weight excluding hydrogens is 244 g/mol. The van der Waals surface area contributed by atoms with Crippen molar-refractivity contribution in [3.63, 3.8) is 0 Å². The van der Waals surface area contributed by atoms with Gasteiger partial charge < -0.3 is 10.2 Å². The molecule has 0 saturated carbocycles. The second-order valence-corrected chi connectivity index (χ2v) is 6.46. The Morgan fingerprint density at radius 2 is 1.80 bits per heavy atom. The minimum absolute atomic E-state index is 0.225. The third kappa shape index (κ3) is 2.51. The van der Waals surface area contributed by atoms with E-state index in [1.165, 1.54) is 22.6 Å². The molecule has 0 spiro atoms. The van der Waals surface area contributed by atoms with Gasteiger partial charge in [-0.3, -0.25) is 0 Å². The van der Waals surface area contributed by atoms with E-state index in [0.717, 1.165) is 13.1 Å². The van der Waals surface area contributed by atoms with Crippen LogP contribution < -0.4 is 10.2 Å². The van der Waals surface area contributed by atoms with E-state index in [2.05, 4.69) is 79.5 Å². The molecule has 0 fully saturated rings. The van der Waals surface area contributed by atoms with E-state index in [0.29, 0.717) is 0 Å². The van der Waals surface area contributed by atoms with E-state index in [1.54, 1.807) is 0 Å². The first-order valence-corrected chi connectivity index (χ1v) is 7.22. The maximum atomic E-state index is 3.61. The largest absolute Gasteiger partial charge is 0.383 e. The topological polar surface area (TPSA) is 15.3 Å². The lowest BCUT2D eigenvalue weighted by molar-refractivity contribution is 0.407. The molecule has 0 radical (unpaired) electrons. The number of aryl methyl sites for hydroxylation is 1. The first-order valence-electron chi connectivity index (χ1n) is 7.22. The molecule has 0 amide bonds. The van der Waals surface area contributed by atoms with E-state index >= 15 is 0 Å². The lowest BCUT2D eigenvalue weighted by atomic mass is 9.93. The number of para-hydroxylation sites is 1. The van der Waals surface area contributed by atoms with Crippen LogP contribution in [0.25, 0.3) is 0 Å². The molecule has 2 nitrogen and oxygen atoms in total. The standard InChI is InChI=1S/C18H22N2/c1-14-9-10-17-16(11-14)19-12-18(2,3)13-20(17)15-7-5-4-6-8-15/h4-11,19H,12-13H2,1-3H3. The van der Waals surface area contributed by atoms with Gasteiger partial charge in [-0.2, -0.15) is 0 Å². The molecule has 0 bridgehead atoms. The Kier molecular flexibility index (Phi) is 3.17. The van der Waals surface area contributed by atoms with Crippen LogP contribution in [-0.4, -0.2) is 13.1 Å². The van der Waals surface area contributed by atoms with Crippen LogP contribution in [0.5, 0.6) is 0 Å². The molecule has 1 aliphatic heterocycles. The van der Waals surface area contributed by atoms with Crippen LogP contribution in [0.3, 0.4) is 0 Å². The zero-order chi connectivity index (χ0) is 14.2. The van der Waals surface area contributed by atoms with E-state index in [-0.39, 0.29) is 5.41 Å². The summed E-state index contributed by atoms with van der Waals surface area (Å²) in [5.74, 6) is 0. The number of rotatable bonds is 1. The van der Waals surface area contributed by atoms with Gasteiger partial charge in [-0.05, 0) is 42.2 Å². The molecule has 1 aliphatic rings. The SMILES string of the molecule is Cc1ccc2c(c1)NCC(C)(C)CN2c1ccccc1. The van der Waals surface area contributed by atoms with Crippen LogP contribution in [0.4, 0.5) is 17.1 Å². The molecular formula is C18H22N2. The Morgan fingerprint density at radius 1 is 1.05 bits per heavy atom. The lowest BCUT2D eigenvalue weighted by Gasteiger charge is -2.31. The highest BCUT2D eigenvalue weighted by molar-refractivity contribution is 5.78. The van der Waals surface area contributed by atoms with Crippen molar-refractivity contribution in [1.82, 2.24) is 0 Å². The minimum Gasteiger partial charge on any atom is -0.383 e. The summed E-state index contributed by atoms with van der Waals surface area (Å²) in [6.45, 7) is 8.78. The Balaban J connectivity index is 2.11. The molecule has 0 saturated heterocycles. The summed E-state index contributed by atoms with van der Waals surface area (Å²) >= 11 is 0. The fraction of sp³-hybridized carbons (Fsp3) is 0.333. The predicted octanol–water partition coefficient (Wildman–Crippen LogP) is 4.58. The Hall–Kier alpha value is -1.96. The molecule has 20 heavy (non-hydrogen) atoms. The number of nitrogens with zero attached hydrogens (tertiary/aromatic N) is 1. The van der Waals surface area contributed by atoms with Crippen molar-refractivity contribution in [3.05, 3.63) is 54.1 Å². The first-order chi connectivity index (χ1) is 9.55. The normalized spacial score (nSPS) is 17.1. The molecule has 0 unspecified atom stereocenters. The third-order valence-corrected chi connectivity index (χ3v) is 3.85. The van der Waals surface area contributed by atoms with Gasteiger partial charge >= 0.3 is 0 Å².